The first-order valence-corrected chi connectivity index (χ1v) is 10.0. The summed E-state index contributed by atoms with van der Waals surface area (Å²) in [5.41, 5.74) is 5.78. The van der Waals surface area contributed by atoms with Gasteiger partial charge in [-0.3, -0.25) is 4.79 Å². The van der Waals surface area contributed by atoms with E-state index in [9.17, 15) is 4.79 Å². The average molecular weight is 379 g/mol. The molecule has 0 radical (unpaired) electrons. The molecule has 2 aromatic rings. The number of nitrogens with one attached hydrogen (secondary N) is 1. The minimum atomic E-state index is -0.272. The molecule has 0 atom stereocenters. The number of fused-ring (bicyclic) bond motifs is 1. The number of hydrogen-bond acceptors (Lipinski definition) is 3. The van der Waals surface area contributed by atoms with Gasteiger partial charge in [-0.1, -0.05) is 39.8 Å². The van der Waals surface area contributed by atoms with Gasteiger partial charge in [0.25, 0.3) is 5.91 Å². The van der Waals surface area contributed by atoms with Crippen LogP contribution in [0.15, 0.2) is 28.7 Å². The van der Waals surface area contributed by atoms with E-state index in [1.165, 1.54) is 35.1 Å². The Labute approximate surface area is 167 Å². The second kappa shape index (κ2) is 7.47. The molecule has 28 heavy (non-hydrogen) atoms. The Morgan fingerprint density at radius 1 is 1.14 bits per heavy atom. The second-order valence-electron chi connectivity index (χ2n) is 9.20. The Hall–Kier alpha value is -2.54. The number of benzene rings is 1. The maximum atomic E-state index is 12.1. The summed E-state index contributed by atoms with van der Waals surface area (Å²) in [5.74, 6) is 0.804. The fraction of sp³-hybridized carbons (Fsp3) is 0.500. The highest BCUT2D eigenvalue weighted by atomic mass is 16.3. The third-order valence-corrected chi connectivity index (χ3v) is 6.08. The zero-order chi connectivity index (χ0) is 20.5. The van der Waals surface area contributed by atoms with Crippen LogP contribution in [0.4, 0.5) is 0 Å². The summed E-state index contributed by atoms with van der Waals surface area (Å²) >= 11 is 0. The lowest BCUT2D eigenvalue weighted by Crippen LogP contribution is -2.34. The van der Waals surface area contributed by atoms with Gasteiger partial charge >= 0.3 is 0 Å². The van der Waals surface area contributed by atoms with E-state index in [1.807, 2.05) is 12.1 Å². The fourth-order valence-electron chi connectivity index (χ4n) is 4.06. The molecule has 0 fully saturated rings. The molecule has 0 spiro atoms. The zero-order valence-corrected chi connectivity index (χ0v) is 17.6. The molecule has 1 amide bonds. The highest BCUT2D eigenvalue weighted by Gasteiger charge is 2.37. The largest absolute Gasteiger partial charge is 0.456 e. The summed E-state index contributed by atoms with van der Waals surface area (Å²) in [6.07, 6.45) is 3.35. The third-order valence-electron chi connectivity index (χ3n) is 6.08. The van der Waals surface area contributed by atoms with Crippen molar-refractivity contribution in [3.63, 3.8) is 0 Å². The van der Waals surface area contributed by atoms with E-state index < -0.39 is 0 Å². The Morgan fingerprint density at radius 2 is 1.79 bits per heavy atom. The number of aryl methyl sites for hydroxylation is 1. The SMILES string of the molecule is Cc1cc2c(cc1Cc1ccc(C(=O)NCCC#N)o1)C(C)(C)CCC2(C)C. The molecule has 1 aliphatic carbocycles. The van der Waals surface area contributed by atoms with Gasteiger partial charge in [-0.15, -0.1) is 0 Å². The summed E-state index contributed by atoms with van der Waals surface area (Å²) < 4.78 is 5.78. The number of carbonyl (C=O) groups is 1. The lowest BCUT2D eigenvalue weighted by atomic mass is 9.62. The van der Waals surface area contributed by atoms with E-state index in [0.29, 0.717) is 25.1 Å². The monoisotopic (exact) mass is 378 g/mol. The molecule has 4 nitrogen and oxygen atoms in total. The number of nitriles is 1. The predicted molar refractivity (Wildman–Crippen MR) is 111 cm³/mol. The van der Waals surface area contributed by atoms with E-state index in [2.05, 4.69) is 52.1 Å². The average Bonchev–Trinajstić information content (AvgIpc) is 3.09. The van der Waals surface area contributed by atoms with Gasteiger partial charge in [0.15, 0.2) is 5.76 Å². The van der Waals surface area contributed by atoms with Crippen molar-refractivity contribution in [3.8, 4) is 6.07 Å². The first kappa shape index (κ1) is 20.2. The highest BCUT2D eigenvalue weighted by molar-refractivity contribution is 5.91. The number of nitrogens with zero attached hydrogens (tertiary/aromatic N) is 1. The normalized spacial score (nSPS) is 16.9. The Bertz CT molecular complexity index is 929. The summed E-state index contributed by atoms with van der Waals surface area (Å²) in [5, 5.41) is 11.3. The topological polar surface area (TPSA) is 66.0 Å². The number of furan rings is 1. The third kappa shape index (κ3) is 3.99. The molecule has 0 saturated carbocycles. The van der Waals surface area contributed by atoms with Crippen molar-refractivity contribution < 1.29 is 9.21 Å². The van der Waals surface area contributed by atoms with Gasteiger partial charge < -0.3 is 9.73 Å². The van der Waals surface area contributed by atoms with Crippen LogP contribution in [0, 0.1) is 18.3 Å². The van der Waals surface area contributed by atoms with Crippen LogP contribution in [0.2, 0.25) is 0 Å². The quantitative estimate of drug-likeness (QED) is 0.730. The van der Waals surface area contributed by atoms with Crippen LogP contribution in [0.5, 0.6) is 0 Å². The van der Waals surface area contributed by atoms with Gasteiger partial charge in [0.2, 0.25) is 0 Å². The molecule has 1 aliphatic rings. The summed E-state index contributed by atoms with van der Waals surface area (Å²) in [6, 6.07) is 10.3. The summed E-state index contributed by atoms with van der Waals surface area (Å²) in [6.45, 7) is 11.8. The molecule has 148 valence electrons. The number of carbonyl (C=O) groups excluding carboxylic acids is 1. The van der Waals surface area contributed by atoms with Crippen LogP contribution in [-0.2, 0) is 17.3 Å². The first-order valence-electron chi connectivity index (χ1n) is 10.0. The number of rotatable bonds is 5. The second-order valence-corrected chi connectivity index (χ2v) is 9.20. The fourth-order valence-corrected chi connectivity index (χ4v) is 4.06. The molecular weight excluding hydrogens is 348 g/mol. The van der Waals surface area contributed by atoms with Crippen LogP contribution in [0.3, 0.4) is 0 Å². The van der Waals surface area contributed by atoms with Crippen molar-refractivity contribution in [1.82, 2.24) is 5.32 Å². The van der Waals surface area contributed by atoms with Gasteiger partial charge in [-0.05, 0) is 65.0 Å². The van der Waals surface area contributed by atoms with Crippen molar-refractivity contribution in [3.05, 3.63) is 58.0 Å². The standard InChI is InChI=1S/C24H30N2O2/c1-16-13-19-20(24(4,5)10-9-23(19,2)3)15-17(16)14-18-7-8-21(28-18)22(27)26-12-6-11-25/h7-8,13,15H,6,9-10,12,14H2,1-5H3,(H,26,27). The Morgan fingerprint density at radius 3 is 2.43 bits per heavy atom. The molecule has 0 aliphatic heterocycles. The maximum absolute atomic E-state index is 12.1. The van der Waals surface area contributed by atoms with E-state index in [-0.39, 0.29) is 16.7 Å². The lowest BCUT2D eigenvalue weighted by Gasteiger charge is -2.42. The van der Waals surface area contributed by atoms with Crippen LogP contribution in [-0.4, -0.2) is 12.5 Å². The van der Waals surface area contributed by atoms with Gasteiger partial charge in [0.1, 0.15) is 5.76 Å². The molecule has 1 aromatic carbocycles. The molecule has 3 rings (SSSR count). The van der Waals surface area contributed by atoms with E-state index >= 15 is 0 Å². The van der Waals surface area contributed by atoms with Crippen LogP contribution in [0.25, 0.3) is 0 Å². The summed E-state index contributed by atoms with van der Waals surface area (Å²) in [7, 11) is 0. The molecule has 1 heterocycles. The minimum absolute atomic E-state index is 0.169. The predicted octanol–water partition coefficient (Wildman–Crippen LogP) is 5.17. The van der Waals surface area contributed by atoms with E-state index in [4.69, 9.17) is 9.68 Å². The van der Waals surface area contributed by atoms with E-state index in [0.717, 1.165) is 5.76 Å². The maximum Gasteiger partial charge on any atom is 0.287 e. The van der Waals surface area contributed by atoms with Crippen LogP contribution < -0.4 is 5.32 Å². The number of amides is 1. The molecule has 4 heteroatoms. The lowest BCUT2D eigenvalue weighted by molar-refractivity contribution is 0.0925. The van der Waals surface area contributed by atoms with Gasteiger partial charge in [0.05, 0.1) is 12.5 Å². The van der Waals surface area contributed by atoms with Crippen molar-refractivity contribution in [2.75, 3.05) is 6.54 Å². The minimum Gasteiger partial charge on any atom is -0.456 e. The van der Waals surface area contributed by atoms with Crippen LogP contribution in [0.1, 0.15) is 85.5 Å². The van der Waals surface area contributed by atoms with Crippen LogP contribution >= 0.6 is 0 Å². The molecule has 0 bridgehead atoms. The van der Waals surface area contributed by atoms with Crippen molar-refractivity contribution >= 4 is 5.91 Å². The highest BCUT2D eigenvalue weighted by Crippen LogP contribution is 2.46. The zero-order valence-electron chi connectivity index (χ0n) is 17.6. The molecule has 1 N–H and O–H groups in total. The first-order chi connectivity index (χ1) is 13.1. The smallest absolute Gasteiger partial charge is 0.287 e. The molecule has 0 saturated heterocycles. The number of hydrogen-bond donors (Lipinski definition) is 1. The summed E-state index contributed by atoms with van der Waals surface area (Å²) in [4.78, 5) is 12.1. The van der Waals surface area contributed by atoms with Crippen molar-refractivity contribution in [1.29, 1.82) is 5.26 Å². The Balaban J connectivity index is 1.84. The molecular formula is C24H30N2O2. The van der Waals surface area contributed by atoms with E-state index in [1.54, 1.807) is 6.07 Å². The molecule has 1 aromatic heterocycles. The van der Waals surface area contributed by atoms with Gasteiger partial charge in [-0.25, -0.2) is 0 Å². The Kier molecular flexibility index (Phi) is 5.39. The molecule has 0 unspecified atom stereocenters. The van der Waals surface area contributed by atoms with Crippen molar-refractivity contribution in [2.24, 2.45) is 0 Å². The van der Waals surface area contributed by atoms with Gasteiger partial charge in [-0.2, -0.15) is 5.26 Å². The van der Waals surface area contributed by atoms with Crippen molar-refractivity contribution in [2.45, 2.75) is 71.1 Å². The van der Waals surface area contributed by atoms with Gasteiger partial charge in [0, 0.05) is 13.0 Å².